The number of ether oxygens (including phenoxy) is 1. The highest BCUT2D eigenvalue weighted by Gasteiger charge is 2.54. The van der Waals surface area contributed by atoms with Crippen molar-refractivity contribution < 1.29 is 9.53 Å². The summed E-state index contributed by atoms with van der Waals surface area (Å²) in [5.74, 6) is 0. The Morgan fingerprint density at radius 2 is 2.00 bits per heavy atom. The van der Waals surface area contributed by atoms with Gasteiger partial charge in [0, 0.05) is 11.6 Å². The van der Waals surface area contributed by atoms with E-state index in [0.29, 0.717) is 12.6 Å². The monoisotopic (exact) mass is 240 g/mol. The van der Waals surface area contributed by atoms with Gasteiger partial charge in [0.15, 0.2) is 0 Å². The smallest absolute Gasteiger partial charge is 0.411 e. The number of nitrogens with zero attached hydrogens (tertiary/aromatic N) is 1. The molecule has 2 heterocycles. The van der Waals surface area contributed by atoms with Crippen LogP contribution in [0.1, 0.15) is 52.9 Å². The molecule has 2 saturated heterocycles. The maximum atomic E-state index is 12.3. The van der Waals surface area contributed by atoms with E-state index in [2.05, 4.69) is 0 Å². The molecule has 0 saturated carbocycles. The average molecular weight is 240 g/mol. The van der Waals surface area contributed by atoms with Crippen LogP contribution in [0.4, 0.5) is 4.79 Å². The van der Waals surface area contributed by atoms with Crippen molar-refractivity contribution in [3.8, 4) is 0 Å². The fraction of sp³-hybridized carbons (Fsp3) is 0.923. The minimum Gasteiger partial charge on any atom is -0.444 e. The van der Waals surface area contributed by atoms with E-state index < -0.39 is 5.60 Å². The van der Waals surface area contributed by atoms with Crippen LogP contribution in [0.2, 0.25) is 0 Å². The van der Waals surface area contributed by atoms with E-state index in [1.54, 1.807) is 0 Å². The predicted octanol–water partition coefficient (Wildman–Crippen LogP) is 2.27. The number of hydrogen-bond donors (Lipinski definition) is 1. The van der Waals surface area contributed by atoms with E-state index in [9.17, 15) is 4.79 Å². The number of rotatable bonds is 2. The largest absolute Gasteiger partial charge is 0.444 e. The second-order valence-electron chi connectivity index (χ2n) is 6.34. The lowest BCUT2D eigenvalue weighted by molar-refractivity contribution is 0.00856. The van der Waals surface area contributed by atoms with Crippen molar-refractivity contribution in [2.75, 3.05) is 6.54 Å². The molecule has 0 aromatic heterocycles. The Bertz CT molecular complexity index is 301. The van der Waals surface area contributed by atoms with Gasteiger partial charge in [-0.05, 0) is 59.4 Å². The summed E-state index contributed by atoms with van der Waals surface area (Å²) < 4.78 is 5.52. The van der Waals surface area contributed by atoms with Gasteiger partial charge < -0.3 is 10.5 Å². The van der Waals surface area contributed by atoms with Gasteiger partial charge in [-0.25, -0.2) is 4.79 Å². The van der Waals surface area contributed by atoms with Crippen LogP contribution in [0.15, 0.2) is 0 Å². The van der Waals surface area contributed by atoms with Gasteiger partial charge in [-0.15, -0.1) is 0 Å². The van der Waals surface area contributed by atoms with Crippen LogP contribution in [-0.2, 0) is 4.74 Å². The van der Waals surface area contributed by atoms with Gasteiger partial charge in [0.1, 0.15) is 5.60 Å². The Hall–Kier alpha value is -0.770. The average Bonchev–Trinajstić information content (AvgIpc) is 2.69. The molecule has 0 aromatic rings. The lowest BCUT2D eigenvalue weighted by atomic mass is 9.85. The van der Waals surface area contributed by atoms with Crippen molar-refractivity contribution in [3.63, 3.8) is 0 Å². The molecule has 17 heavy (non-hydrogen) atoms. The lowest BCUT2D eigenvalue weighted by Crippen LogP contribution is -2.48. The lowest BCUT2D eigenvalue weighted by Gasteiger charge is -2.35. The molecule has 0 radical (unpaired) electrons. The molecular weight excluding hydrogens is 216 g/mol. The molecule has 98 valence electrons. The van der Waals surface area contributed by atoms with E-state index in [-0.39, 0.29) is 11.6 Å². The van der Waals surface area contributed by atoms with Crippen molar-refractivity contribution in [2.45, 2.75) is 70.1 Å². The Balaban J connectivity index is 2.12. The summed E-state index contributed by atoms with van der Waals surface area (Å²) in [5, 5.41) is 0. The molecule has 2 fully saturated rings. The molecule has 2 rings (SSSR count). The number of carbonyl (C=O) groups is 1. The summed E-state index contributed by atoms with van der Waals surface area (Å²) in [4.78, 5) is 14.3. The third-order valence-electron chi connectivity index (χ3n) is 3.96. The fourth-order valence-corrected chi connectivity index (χ4v) is 3.32. The van der Waals surface area contributed by atoms with E-state index in [4.69, 9.17) is 10.5 Å². The van der Waals surface area contributed by atoms with Crippen LogP contribution in [0.25, 0.3) is 0 Å². The minimum atomic E-state index is -0.414. The zero-order chi connectivity index (χ0) is 12.7. The van der Waals surface area contributed by atoms with Gasteiger partial charge in [-0.3, -0.25) is 4.90 Å². The molecule has 4 nitrogen and oxygen atoms in total. The van der Waals surface area contributed by atoms with Gasteiger partial charge in [-0.1, -0.05) is 0 Å². The van der Waals surface area contributed by atoms with Crippen molar-refractivity contribution in [1.29, 1.82) is 0 Å². The zero-order valence-corrected chi connectivity index (χ0v) is 11.2. The Morgan fingerprint density at radius 3 is 2.47 bits per heavy atom. The number of amides is 1. The maximum Gasteiger partial charge on any atom is 0.411 e. The topological polar surface area (TPSA) is 55.6 Å². The van der Waals surface area contributed by atoms with Crippen LogP contribution in [0.5, 0.6) is 0 Å². The summed E-state index contributed by atoms with van der Waals surface area (Å²) >= 11 is 0. The molecule has 0 atom stereocenters. The molecule has 1 amide bonds. The van der Waals surface area contributed by atoms with E-state index >= 15 is 0 Å². The standard InChI is InChI=1S/C13H24N2O2/c1-12(2,3)17-11(16)15-10-4-6-13(15,7-5-10)8-9-14/h10H,4-9,14H2,1-3H3. The second-order valence-corrected chi connectivity index (χ2v) is 6.34. The van der Waals surface area contributed by atoms with Crippen molar-refractivity contribution in [1.82, 2.24) is 4.90 Å². The molecule has 4 heteroatoms. The molecule has 0 unspecified atom stereocenters. The minimum absolute atomic E-state index is 0.00174. The van der Waals surface area contributed by atoms with E-state index in [0.717, 1.165) is 32.1 Å². The molecule has 2 aliphatic heterocycles. The SMILES string of the molecule is CC(C)(C)OC(=O)N1C2CCC1(CCN)CC2. The number of nitrogens with two attached hydrogens (primary N) is 1. The maximum absolute atomic E-state index is 12.3. The third-order valence-corrected chi connectivity index (χ3v) is 3.96. The first-order valence-electron chi connectivity index (χ1n) is 6.60. The summed E-state index contributed by atoms with van der Waals surface area (Å²) in [6, 6.07) is 0.386. The van der Waals surface area contributed by atoms with Gasteiger partial charge in [0.25, 0.3) is 0 Å². The predicted molar refractivity (Wildman–Crippen MR) is 66.7 cm³/mol. The van der Waals surface area contributed by atoms with Crippen LogP contribution in [0, 0.1) is 0 Å². The van der Waals surface area contributed by atoms with Gasteiger partial charge in [0.2, 0.25) is 0 Å². The summed E-state index contributed by atoms with van der Waals surface area (Å²) in [6.07, 6.45) is 5.16. The van der Waals surface area contributed by atoms with Crippen LogP contribution in [0.3, 0.4) is 0 Å². The van der Waals surface area contributed by atoms with Crippen LogP contribution < -0.4 is 5.73 Å². The molecule has 2 bridgehead atoms. The van der Waals surface area contributed by atoms with Crippen molar-refractivity contribution >= 4 is 6.09 Å². The molecular formula is C13H24N2O2. The zero-order valence-electron chi connectivity index (χ0n) is 11.2. The van der Waals surface area contributed by atoms with Crippen LogP contribution in [-0.4, -0.2) is 34.7 Å². The Labute approximate surface area is 103 Å². The first-order chi connectivity index (χ1) is 7.88. The summed E-state index contributed by atoms with van der Waals surface area (Å²) in [5.41, 5.74) is 5.29. The molecule has 0 aliphatic carbocycles. The van der Waals surface area contributed by atoms with Gasteiger partial charge in [0.05, 0.1) is 0 Å². The van der Waals surface area contributed by atoms with Gasteiger partial charge >= 0.3 is 6.09 Å². The highest BCUT2D eigenvalue weighted by molar-refractivity contribution is 5.71. The number of fused-ring (bicyclic) bond motifs is 2. The molecule has 2 N–H and O–H groups in total. The summed E-state index contributed by atoms with van der Waals surface area (Å²) in [6.45, 7) is 6.39. The normalized spacial score (nSPS) is 32.0. The summed E-state index contributed by atoms with van der Waals surface area (Å²) in [7, 11) is 0. The van der Waals surface area contributed by atoms with E-state index in [1.165, 1.54) is 0 Å². The highest BCUT2D eigenvalue weighted by atomic mass is 16.6. The first-order valence-corrected chi connectivity index (χ1v) is 6.60. The number of carbonyl (C=O) groups excluding carboxylic acids is 1. The Morgan fingerprint density at radius 1 is 1.41 bits per heavy atom. The highest BCUT2D eigenvalue weighted by Crippen LogP contribution is 2.48. The quantitative estimate of drug-likeness (QED) is 0.805. The molecule has 2 aliphatic rings. The van der Waals surface area contributed by atoms with Gasteiger partial charge in [-0.2, -0.15) is 0 Å². The van der Waals surface area contributed by atoms with Crippen LogP contribution >= 0.6 is 0 Å². The molecule has 0 spiro atoms. The molecule has 0 aromatic carbocycles. The third kappa shape index (κ3) is 2.28. The number of hydrogen-bond acceptors (Lipinski definition) is 3. The first kappa shape index (κ1) is 12.7. The van der Waals surface area contributed by atoms with Crippen molar-refractivity contribution in [2.24, 2.45) is 5.73 Å². The second kappa shape index (κ2) is 4.16. The van der Waals surface area contributed by atoms with E-state index in [1.807, 2.05) is 25.7 Å². The van der Waals surface area contributed by atoms with Crippen molar-refractivity contribution in [3.05, 3.63) is 0 Å². The fourth-order valence-electron chi connectivity index (χ4n) is 3.32. The Kier molecular flexibility index (Phi) is 3.10.